The zero-order chi connectivity index (χ0) is 14.3. The van der Waals surface area contributed by atoms with Gasteiger partial charge in [0.2, 0.25) is 0 Å². The van der Waals surface area contributed by atoms with Gasteiger partial charge in [-0.05, 0) is 30.7 Å². The Morgan fingerprint density at radius 2 is 1.63 bits per heavy atom. The SMILES string of the molecule is CCO.Nc1ccccc1C(O)c1ccc(Cl)cc1. The molecule has 0 aliphatic rings. The minimum absolute atomic E-state index is 0.250. The number of aliphatic hydroxyl groups excluding tert-OH is 2. The van der Waals surface area contributed by atoms with Crippen molar-refractivity contribution < 1.29 is 10.2 Å². The van der Waals surface area contributed by atoms with Crippen LogP contribution in [0.1, 0.15) is 24.2 Å². The van der Waals surface area contributed by atoms with Crippen molar-refractivity contribution in [1.82, 2.24) is 0 Å². The van der Waals surface area contributed by atoms with Gasteiger partial charge in [-0.15, -0.1) is 0 Å². The molecule has 0 amide bonds. The third kappa shape index (κ3) is 4.56. The van der Waals surface area contributed by atoms with Crippen LogP contribution >= 0.6 is 11.6 Å². The van der Waals surface area contributed by atoms with Gasteiger partial charge >= 0.3 is 0 Å². The summed E-state index contributed by atoms with van der Waals surface area (Å²) in [6.07, 6.45) is -0.710. The van der Waals surface area contributed by atoms with E-state index in [1.807, 2.05) is 18.2 Å². The Hall–Kier alpha value is -1.55. The van der Waals surface area contributed by atoms with Crippen molar-refractivity contribution >= 4 is 17.3 Å². The number of hydrogen-bond acceptors (Lipinski definition) is 3. The average Bonchev–Trinajstić information content (AvgIpc) is 2.40. The lowest BCUT2D eigenvalue weighted by atomic mass is 10.0. The molecule has 102 valence electrons. The average molecular weight is 280 g/mol. The molecular formula is C15H18ClNO2. The molecule has 1 atom stereocenters. The molecule has 0 saturated carbocycles. The number of aliphatic hydroxyl groups is 2. The van der Waals surface area contributed by atoms with E-state index in [4.69, 9.17) is 22.4 Å². The fourth-order valence-corrected chi connectivity index (χ4v) is 1.71. The fraction of sp³-hybridized carbons (Fsp3) is 0.200. The van der Waals surface area contributed by atoms with Crippen molar-refractivity contribution in [2.45, 2.75) is 13.0 Å². The molecule has 0 spiro atoms. The normalized spacial score (nSPS) is 11.4. The number of rotatable bonds is 2. The Kier molecular flexibility index (Phi) is 6.36. The molecule has 2 aromatic carbocycles. The summed E-state index contributed by atoms with van der Waals surface area (Å²) in [5.74, 6) is 0. The third-order valence-electron chi connectivity index (χ3n) is 2.48. The Morgan fingerprint density at radius 1 is 1.11 bits per heavy atom. The highest BCUT2D eigenvalue weighted by Gasteiger charge is 2.12. The molecule has 2 rings (SSSR count). The largest absolute Gasteiger partial charge is 0.398 e. The molecule has 0 saturated heterocycles. The van der Waals surface area contributed by atoms with Crippen molar-refractivity contribution in [3.05, 3.63) is 64.7 Å². The van der Waals surface area contributed by atoms with Crippen LogP contribution < -0.4 is 5.73 Å². The molecule has 0 radical (unpaired) electrons. The predicted octanol–water partition coefficient (Wildman–Crippen LogP) is 3.00. The van der Waals surface area contributed by atoms with E-state index in [0.29, 0.717) is 16.3 Å². The number of anilines is 1. The zero-order valence-electron chi connectivity index (χ0n) is 10.8. The maximum atomic E-state index is 10.1. The van der Waals surface area contributed by atoms with Crippen LogP contribution in [0.3, 0.4) is 0 Å². The maximum absolute atomic E-state index is 10.1. The summed E-state index contributed by atoms with van der Waals surface area (Å²) in [4.78, 5) is 0. The molecule has 0 heterocycles. The molecule has 3 nitrogen and oxygen atoms in total. The van der Waals surface area contributed by atoms with E-state index in [2.05, 4.69) is 0 Å². The van der Waals surface area contributed by atoms with Gasteiger partial charge in [-0.2, -0.15) is 0 Å². The summed E-state index contributed by atoms with van der Waals surface area (Å²) in [6.45, 7) is 1.93. The monoisotopic (exact) mass is 279 g/mol. The van der Waals surface area contributed by atoms with Gasteiger partial charge in [0.15, 0.2) is 0 Å². The molecule has 0 aliphatic heterocycles. The molecule has 4 heteroatoms. The van der Waals surface area contributed by atoms with Crippen molar-refractivity contribution in [3.63, 3.8) is 0 Å². The van der Waals surface area contributed by atoms with Crippen molar-refractivity contribution in [1.29, 1.82) is 0 Å². The van der Waals surface area contributed by atoms with E-state index in [-0.39, 0.29) is 6.61 Å². The highest BCUT2D eigenvalue weighted by molar-refractivity contribution is 6.30. The van der Waals surface area contributed by atoms with Gasteiger partial charge in [-0.1, -0.05) is 41.9 Å². The molecular weight excluding hydrogens is 262 g/mol. The second-order valence-corrected chi connectivity index (χ2v) is 4.34. The van der Waals surface area contributed by atoms with Crippen LogP contribution in [0, 0.1) is 0 Å². The summed E-state index contributed by atoms with van der Waals surface area (Å²) < 4.78 is 0. The van der Waals surface area contributed by atoms with Crippen molar-refractivity contribution in [2.24, 2.45) is 0 Å². The van der Waals surface area contributed by atoms with E-state index < -0.39 is 6.10 Å². The third-order valence-corrected chi connectivity index (χ3v) is 2.73. The number of hydrogen-bond donors (Lipinski definition) is 3. The number of nitrogen functional groups attached to an aromatic ring is 1. The predicted molar refractivity (Wildman–Crippen MR) is 79.1 cm³/mol. The molecule has 19 heavy (non-hydrogen) atoms. The Bertz CT molecular complexity index is 500. The number of para-hydroxylation sites is 1. The highest BCUT2D eigenvalue weighted by atomic mass is 35.5. The Balaban J connectivity index is 0.000000550. The van der Waals surface area contributed by atoms with Gasteiger partial charge in [0, 0.05) is 22.9 Å². The Labute approximate surface area is 118 Å². The maximum Gasteiger partial charge on any atom is 0.106 e. The smallest absolute Gasteiger partial charge is 0.106 e. The van der Waals surface area contributed by atoms with Gasteiger partial charge in [0.25, 0.3) is 0 Å². The number of nitrogens with two attached hydrogens (primary N) is 1. The summed E-state index contributed by atoms with van der Waals surface area (Å²) >= 11 is 5.79. The van der Waals surface area contributed by atoms with Crippen LogP contribution in [0.25, 0.3) is 0 Å². The summed E-state index contributed by atoms with van der Waals surface area (Å²) in [5, 5.41) is 18.4. The van der Waals surface area contributed by atoms with Crippen LogP contribution in [0.15, 0.2) is 48.5 Å². The van der Waals surface area contributed by atoms with Crippen LogP contribution in [0.5, 0.6) is 0 Å². The first kappa shape index (κ1) is 15.5. The van der Waals surface area contributed by atoms with Gasteiger partial charge in [-0.25, -0.2) is 0 Å². The van der Waals surface area contributed by atoms with E-state index in [0.717, 1.165) is 5.56 Å². The molecule has 0 fully saturated rings. The van der Waals surface area contributed by atoms with Gasteiger partial charge < -0.3 is 15.9 Å². The molecule has 0 bridgehead atoms. The summed E-state index contributed by atoms with van der Waals surface area (Å²) in [5.41, 5.74) is 7.88. The lowest BCUT2D eigenvalue weighted by Gasteiger charge is -2.13. The molecule has 0 aromatic heterocycles. The van der Waals surface area contributed by atoms with Crippen LogP contribution in [0.2, 0.25) is 5.02 Å². The summed E-state index contributed by atoms with van der Waals surface area (Å²) in [7, 11) is 0. The minimum atomic E-state index is -0.710. The molecule has 0 aliphatic carbocycles. The summed E-state index contributed by atoms with van der Waals surface area (Å²) in [6, 6.07) is 14.4. The second-order valence-electron chi connectivity index (χ2n) is 3.90. The van der Waals surface area contributed by atoms with Gasteiger partial charge in [0.05, 0.1) is 0 Å². The zero-order valence-corrected chi connectivity index (χ0v) is 11.5. The lowest BCUT2D eigenvalue weighted by molar-refractivity contribution is 0.221. The minimum Gasteiger partial charge on any atom is -0.398 e. The standard InChI is InChI=1S/C13H12ClNO.C2H6O/c14-10-7-5-9(6-8-10)13(16)11-3-1-2-4-12(11)15;1-2-3/h1-8,13,16H,15H2;3H,2H2,1H3. The quantitative estimate of drug-likeness (QED) is 0.741. The van der Waals surface area contributed by atoms with E-state index >= 15 is 0 Å². The first-order valence-corrected chi connectivity index (χ1v) is 6.36. The fourth-order valence-electron chi connectivity index (χ4n) is 1.58. The number of benzene rings is 2. The van der Waals surface area contributed by atoms with E-state index in [1.54, 1.807) is 37.3 Å². The van der Waals surface area contributed by atoms with E-state index in [9.17, 15) is 5.11 Å². The van der Waals surface area contributed by atoms with Crippen molar-refractivity contribution in [2.75, 3.05) is 12.3 Å². The topological polar surface area (TPSA) is 66.5 Å². The van der Waals surface area contributed by atoms with Crippen molar-refractivity contribution in [3.8, 4) is 0 Å². The molecule has 4 N–H and O–H groups in total. The lowest BCUT2D eigenvalue weighted by Crippen LogP contribution is -2.03. The second kappa shape index (κ2) is 7.79. The first-order chi connectivity index (χ1) is 9.10. The first-order valence-electron chi connectivity index (χ1n) is 5.99. The highest BCUT2D eigenvalue weighted by Crippen LogP contribution is 2.26. The van der Waals surface area contributed by atoms with Crippen LogP contribution in [-0.4, -0.2) is 16.8 Å². The van der Waals surface area contributed by atoms with Gasteiger partial charge in [-0.3, -0.25) is 0 Å². The molecule has 1 unspecified atom stereocenters. The van der Waals surface area contributed by atoms with Crippen LogP contribution in [0.4, 0.5) is 5.69 Å². The number of halogens is 1. The van der Waals surface area contributed by atoms with Crippen LogP contribution in [-0.2, 0) is 0 Å². The molecule has 2 aromatic rings. The van der Waals surface area contributed by atoms with E-state index in [1.165, 1.54) is 0 Å². The Morgan fingerprint density at radius 3 is 2.16 bits per heavy atom. The van der Waals surface area contributed by atoms with Gasteiger partial charge in [0.1, 0.15) is 6.10 Å².